The van der Waals surface area contributed by atoms with Crippen LogP contribution in [0.3, 0.4) is 0 Å². The van der Waals surface area contributed by atoms with Crippen LogP contribution in [0.2, 0.25) is 0 Å². The Hall–Kier alpha value is 0.600. The van der Waals surface area contributed by atoms with E-state index >= 15 is 0 Å². The van der Waals surface area contributed by atoms with Crippen LogP contribution in [0.1, 0.15) is 12.8 Å². The fourth-order valence-electron chi connectivity index (χ4n) is 1.42. The van der Waals surface area contributed by atoms with Gasteiger partial charge in [0.25, 0.3) is 0 Å². The molecule has 78 valence electrons. The van der Waals surface area contributed by atoms with E-state index in [1.807, 2.05) is 0 Å². The highest BCUT2D eigenvalue weighted by Crippen LogP contribution is 2.21. The summed E-state index contributed by atoms with van der Waals surface area (Å²) in [4.78, 5) is 0. The van der Waals surface area contributed by atoms with Gasteiger partial charge in [-0.05, 0) is 12.8 Å². The number of halogens is 1. The molecule has 0 atom stereocenters. The number of nitrogens with zero attached hydrogens (tertiary/aromatic N) is 2. The van der Waals surface area contributed by atoms with E-state index in [0.29, 0.717) is 0 Å². The van der Waals surface area contributed by atoms with Crippen LogP contribution < -0.4 is 0 Å². The molecule has 6 heteroatoms. The van der Waals surface area contributed by atoms with Crippen molar-refractivity contribution in [2.24, 2.45) is 0 Å². The van der Waals surface area contributed by atoms with Crippen LogP contribution >= 0.6 is 22.9 Å². The second-order valence-corrected chi connectivity index (χ2v) is 7.23. The molecular formula is C7H15IN2O2S. The van der Waals surface area contributed by atoms with Crippen LogP contribution in [-0.2, 0) is 10.0 Å². The highest BCUT2D eigenvalue weighted by Gasteiger charge is 2.30. The molecule has 0 aromatic carbocycles. The van der Waals surface area contributed by atoms with E-state index in [0.717, 1.165) is 25.9 Å². The van der Waals surface area contributed by atoms with Crippen LogP contribution in [0.5, 0.6) is 0 Å². The van der Waals surface area contributed by atoms with Gasteiger partial charge in [-0.3, -0.25) is 0 Å². The maximum atomic E-state index is 11.7. The van der Waals surface area contributed by atoms with Crippen molar-refractivity contribution in [2.45, 2.75) is 18.1 Å². The summed E-state index contributed by atoms with van der Waals surface area (Å²) in [5, 5.41) is -0.173. The fraction of sp³-hybridized carbons (Fsp3) is 1.00. The van der Waals surface area contributed by atoms with Crippen molar-refractivity contribution in [3.05, 3.63) is 0 Å². The van der Waals surface area contributed by atoms with Gasteiger partial charge in [-0.25, -0.2) is 15.8 Å². The van der Waals surface area contributed by atoms with Gasteiger partial charge >= 0.3 is 0 Å². The molecule has 0 bridgehead atoms. The molecule has 0 aliphatic carbocycles. The first-order valence-corrected chi connectivity index (χ1v) is 6.73. The van der Waals surface area contributed by atoms with Gasteiger partial charge in [0, 0.05) is 50.0 Å². The zero-order valence-electron chi connectivity index (χ0n) is 7.90. The molecule has 1 fully saturated rings. The van der Waals surface area contributed by atoms with Crippen molar-refractivity contribution in [2.75, 3.05) is 27.2 Å². The Morgan fingerprint density at radius 3 is 2.15 bits per heavy atom. The lowest BCUT2D eigenvalue weighted by Gasteiger charge is -2.28. The highest BCUT2D eigenvalue weighted by atomic mass is 127. The van der Waals surface area contributed by atoms with Crippen LogP contribution in [0.4, 0.5) is 0 Å². The topological polar surface area (TPSA) is 40.6 Å². The maximum absolute atomic E-state index is 11.7. The van der Waals surface area contributed by atoms with Crippen molar-refractivity contribution < 1.29 is 8.42 Å². The summed E-state index contributed by atoms with van der Waals surface area (Å²) < 4.78 is 26.9. The van der Waals surface area contributed by atoms with Gasteiger partial charge < -0.3 is 0 Å². The van der Waals surface area contributed by atoms with Gasteiger partial charge in [0.05, 0.1) is 5.25 Å². The third kappa shape index (κ3) is 2.77. The Morgan fingerprint density at radius 2 is 1.77 bits per heavy atom. The molecule has 0 radical (unpaired) electrons. The zero-order valence-corrected chi connectivity index (χ0v) is 10.9. The van der Waals surface area contributed by atoms with Crippen LogP contribution in [0, 0.1) is 0 Å². The largest absolute Gasteiger partial charge is 0.247 e. The normalized spacial score (nSPS) is 22.5. The lowest BCUT2D eigenvalue weighted by atomic mass is 10.2. The Labute approximate surface area is 93.8 Å². The summed E-state index contributed by atoms with van der Waals surface area (Å²) in [5.74, 6) is 0. The van der Waals surface area contributed by atoms with E-state index in [4.69, 9.17) is 0 Å². The predicted octanol–water partition coefficient (Wildman–Crippen LogP) is 0.692. The van der Waals surface area contributed by atoms with E-state index in [2.05, 4.69) is 26.0 Å². The summed E-state index contributed by atoms with van der Waals surface area (Å²) in [7, 11) is 0.186. The van der Waals surface area contributed by atoms with E-state index in [1.54, 1.807) is 14.1 Å². The number of sulfonamides is 1. The summed E-state index contributed by atoms with van der Waals surface area (Å²) in [5.41, 5.74) is 0. The van der Waals surface area contributed by atoms with Gasteiger partial charge in [0.1, 0.15) is 0 Å². The molecule has 0 spiro atoms. The Bertz CT molecular complexity index is 258. The lowest BCUT2D eigenvalue weighted by Crippen LogP contribution is -2.40. The molecule has 1 aliphatic rings. The lowest BCUT2D eigenvalue weighted by molar-refractivity contribution is 0.391. The van der Waals surface area contributed by atoms with Crippen LogP contribution in [0.15, 0.2) is 0 Å². The van der Waals surface area contributed by atoms with Crippen LogP contribution in [-0.4, -0.2) is 48.3 Å². The van der Waals surface area contributed by atoms with Gasteiger partial charge in [-0.15, -0.1) is 0 Å². The predicted molar refractivity (Wildman–Crippen MR) is 61.2 cm³/mol. The minimum atomic E-state index is -3.02. The molecule has 0 aromatic heterocycles. The van der Waals surface area contributed by atoms with Gasteiger partial charge in [-0.2, -0.15) is 0 Å². The second kappa shape index (κ2) is 4.41. The molecule has 0 unspecified atom stereocenters. The highest BCUT2D eigenvalue weighted by molar-refractivity contribution is 14.1. The molecule has 1 aliphatic heterocycles. The molecule has 1 saturated heterocycles. The average molecular weight is 318 g/mol. The Morgan fingerprint density at radius 1 is 1.31 bits per heavy atom. The molecule has 0 aromatic rings. The molecule has 1 rings (SSSR count). The fourth-order valence-corrected chi connectivity index (χ4v) is 3.38. The molecular weight excluding hydrogens is 303 g/mol. The molecule has 0 amide bonds. The van der Waals surface area contributed by atoms with E-state index in [-0.39, 0.29) is 5.25 Å². The number of hydrogen-bond donors (Lipinski definition) is 0. The standard InChI is InChI=1S/C7H15IN2O2S/c1-9(2)13(11,12)7-3-5-10(8)6-4-7/h7H,3-6H2,1-2H3. The smallest absolute Gasteiger partial charge is 0.216 e. The van der Waals surface area contributed by atoms with Gasteiger partial charge in [-0.1, -0.05) is 0 Å². The number of hydrogen-bond acceptors (Lipinski definition) is 3. The van der Waals surface area contributed by atoms with Crippen molar-refractivity contribution in [1.29, 1.82) is 0 Å². The summed E-state index contributed by atoms with van der Waals surface area (Å²) in [6, 6.07) is 0. The number of piperidine rings is 1. The summed E-state index contributed by atoms with van der Waals surface area (Å²) in [6.45, 7) is 1.75. The van der Waals surface area contributed by atoms with Gasteiger partial charge in [0.15, 0.2) is 0 Å². The van der Waals surface area contributed by atoms with E-state index < -0.39 is 10.0 Å². The summed E-state index contributed by atoms with van der Waals surface area (Å²) in [6.07, 6.45) is 1.51. The molecule has 4 nitrogen and oxygen atoms in total. The zero-order chi connectivity index (χ0) is 10.1. The van der Waals surface area contributed by atoms with E-state index in [9.17, 15) is 8.42 Å². The first-order chi connectivity index (χ1) is 5.94. The molecule has 0 N–H and O–H groups in total. The second-order valence-electron chi connectivity index (χ2n) is 3.44. The quantitative estimate of drug-likeness (QED) is 0.556. The van der Waals surface area contributed by atoms with Crippen molar-refractivity contribution in [1.82, 2.24) is 7.42 Å². The van der Waals surface area contributed by atoms with Crippen molar-refractivity contribution >= 4 is 32.9 Å². The maximum Gasteiger partial charge on any atom is 0.216 e. The Balaban J connectivity index is 2.64. The van der Waals surface area contributed by atoms with Gasteiger partial charge in [0.2, 0.25) is 10.0 Å². The molecule has 0 saturated carbocycles. The minimum absolute atomic E-state index is 0.173. The Kier molecular flexibility index (Phi) is 3.96. The SMILES string of the molecule is CN(C)S(=O)(=O)C1CCN(I)CC1. The molecule has 1 heterocycles. The van der Waals surface area contributed by atoms with Crippen molar-refractivity contribution in [3.63, 3.8) is 0 Å². The number of rotatable bonds is 2. The van der Waals surface area contributed by atoms with Crippen molar-refractivity contribution in [3.8, 4) is 0 Å². The average Bonchev–Trinajstić information content (AvgIpc) is 2.04. The van der Waals surface area contributed by atoms with Crippen LogP contribution in [0.25, 0.3) is 0 Å². The first kappa shape index (κ1) is 11.7. The monoisotopic (exact) mass is 318 g/mol. The third-order valence-electron chi connectivity index (χ3n) is 2.32. The minimum Gasteiger partial charge on any atom is -0.247 e. The summed E-state index contributed by atoms with van der Waals surface area (Å²) >= 11 is 2.24. The first-order valence-electron chi connectivity index (χ1n) is 4.26. The van der Waals surface area contributed by atoms with E-state index in [1.165, 1.54) is 4.31 Å². The third-order valence-corrected chi connectivity index (χ3v) is 5.61. The molecule has 13 heavy (non-hydrogen) atoms.